The number of methoxy groups -OCH3 is 2. The fourth-order valence-electron chi connectivity index (χ4n) is 1.87. The van der Waals surface area contributed by atoms with Crippen LogP contribution in [-0.2, 0) is 11.4 Å². The van der Waals surface area contributed by atoms with Crippen molar-refractivity contribution in [2.75, 3.05) is 33.6 Å². The lowest BCUT2D eigenvalue weighted by Gasteiger charge is -2.15. The number of hydrogen-bond acceptors (Lipinski definition) is 8. The molecule has 2 aromatic rings. The predicted octanol–water partition coefficient (Wildman–Crippen LogP) is 0.435. The van der Waals surface area contributed by atoms with Crippen LogP contribution in [0.2, 0.25) is 0 Å². The van der Waals surface area contributed by atoms with Gasteiger partial charge in [0.15, 0.2) is 0 Å². The lowest BCUT2D eigenvalue weighted by molar-refractivity contribution is 0.0823. The monoisotopic (exact) mass is 394 g/mol. The number of pyridine rings is 1. The van der Waals surface area contributed by atoms with Crippen molar-refractivity contribution in [1.29, 1.82) is 0 Å². The SMILES string of the molecule is COc1cc(OC)nc(NC(=O)N[S+]([O-])c2ncccc2C(=O)N(C)C)n1. The number of anilines is 1. The molecular weight excluding hydrogens is 376 g/mol. The van der Waals surface area contributed by atoms with Crippen LogP contribution in [0.25, 0.3) is 0 Å². The predicted molar refractivity (Wildman–Crippen MR) is 96.0 cm³/mol. The standard InChI is InChI=1S/C15H18N6O5S/c1-21(2)13(22)9-6-5-7-16-12(9)27(24)20-15(23)19-14-17-10(25-3)8-11(18-14)26-4/h5-8H,1-4H3,(H2,17,18,19,20,23). The Bertz CT molecular complexity index is 812. The number of nitrogens with zero attached hydrogens (tertiary/aromatic N) is 4. The van der Waals surface area contributed by atoms with E-state index in [1.807, 2.05) is 0 Å². The summed E-state index contributed by atoms with van der Waals surface area (Å²) in [7, 11) is 5.89. The molecule has 1 atom stereocenters. The summed E-state index contributed by atoms with van der Waals surface area (Å²) in [5.41, 5.74) is 0.112. The molecule has 11 nitrogen and oxygen atoms in total. The lowest BCUT2D eigenvalue weighted by Crippen LogP contribution is -2.36. The van der Waals surface area contributed by atoms with Gasteiger partial charge in [-0.2, -0.15) is 9.97 Å². The first-order chi connectivity index (χ1) is 12.8. The summed E-state index contributed by atoms with van der Waals surface area (Å²) in [6.07, 6.45) is 1.37. The zero-order chi connectivity index (χ0) is 20.0. The number of urea groups is 1. The molecule has 144 valence electrons. The summed E-state index contributed by atoms with van der Waals surface area (Å²) in [5.74, 6) is -0.176. The average molecular weight is 394 g/mol. The van der Waals surface area contributed by atoms with Crippen molar-refractivity contribution in [3.8, 4) is 11.8 Å². The molecule has 3 amide bonds. The normalized spacial score (nSPS) is 11.3. The number of amides is 3. The zero-order valence-corrected chi connectivity index (χ0v) is 15.9. The number of carbonyl (C=O) groups is 2. The molecule has 1 unspecified atom stereocenters. The van der Waals surface area contributed by atoms with Crippen LogP contribution in [0, 0.1) is 0 Å². The van der Waals surface area contributed by atoms with E-state index in [0.717, 1.165) is 0 Å². The minimum Gasteiger partial charge on any atom is -0.586 e. The second-order valence-electron chi connectivity index (χ2n) is 5.16. The fraction of sp³-hybridized carbons (Fsp3) is 0.267. The maximum Gasteiger partial charge on any atom is 0.363 e. The van der Waals surface area contributed by atoms with Gasteiger partial charge in [-0.15, -0.1) is 4.72 Å². The number of nitrogens with one attached hydrogen (secondary N) is 2. The van der Waals surface area contributed by atoms with E-state index in [4.69, 9.17) is 9.47 Å². The van der Waals surface area contributed by atoms with Gasteiger partial charge in [0.1, 0.15) is 16.9 Å². The Hall–Kier alpha value is -3.12. The fourth-order valence-corrected chi connectivity index (χ4v) is 2.70. The summed E-state index contributed by atoms with van der Waals surface area (Å²) >= 11 is -2.09. The Morgan fingerprint density at radius 3 is 2.37 bits per heavy atom. The number of ether oxygens (including phenoxy) is 2. The van der Waals surface area contributed by atoms with Crippen LogP contribution in [0.1, 0.15) is 10.4 Å². The van der Waals surface area contributed by atoms with Crippen molar-refractivity contribution in [3.05, 3.63) is 30.0 Å². The highest BCUT2D eigenvalue weighted by atomic mass is 32.2. The van der Waals surface area contributed by atoms with Crippen molar-refractivity contribution in [2.45, 2.75) is 5.03 Å². The second-order valence-corrected chi connectivity index (χ2v) is 6.29. The largest absolute Gasteiger partial charge is 0.586 e. The van der Waals surface area contributed by atoms with Crippen molar-refractivity contribution in [2.24, 2.45) is 0 Å². The quantitative estimate of drug-likeness (QED) is 0.672. The van der Waals surface area contributed by atoms with Gasteiger partial charge in [0.2, 0.25) is 17.7 Å². The third-order valence-electron chi connectivity index (χ3n) is 3.09. The molecule has 0 aromatic carbocycles. The Morgan fingerprint density at radius 2 is 1.81 bits per heavy atom. The highest BCUT2D eigenvalue weighted by Gasteiger charge is 2.26. The summed E-state index contributed by atoms with van der Waals surface area (Å²) in [5, 5.41) is 2.24. The maximum absolute atomic E-state index is 12.5. The summed E-state index contributed by atoms with van der Waals surface area (Å²) in [6.45, 7) is 0. The molecule has 0 aliphatic rings. The van der Waals surface area contributed by atoms with E-state index >= 15 is 0 Å². The van der Waals surface area contributed by atoms with E-state index in [1.165, 1.54) is 43.5 Å². The minimum atomic E-state index is -2.09. The summed E-state index contributed by atoms with van der Waals surface area (Å²) in [4.78, 5) is 37.4. The van der Waals surface area contributed by atoms with Crippen molar-refractivity contribution >= 4 is 29.2 Å². The maximum atomic E-state index is 12.5. The smallest absolute Gasteiger partial charge is 0.363 e. The van der Waals surface area contributed by atoms with Crippen molar-refractivity contribution in [3.63, 3.8) is 0 Å². The molecule has 2 rings (SSSR count). The van der Waals surface area contributed by atoms with Gasteiger partial charge >= 0.3 is 6.03 Å². The van der Waals surface area contributed by atoms with E-state index in [1.54, 1.807) is 14.1 Å². The van der Waals surface area contributed by atoms with Crippen LogP contribution in [0.4, 0.5) is 10.7 Å². The van der Waals surface area contributed by atoms with E-state index in [9.17, 15) is 14.1 Å². The van der Waals surface area contributed by atoms with Gasteiger partial charge in [-0.3, -0.25) is 10.1 Å². The third kappa shape index (κ3) is 5.18. The Labute approximate surface area is 158 Å². The highest BCUT2D eigenvalue weighted by molar-refractivity contribution is 7.90. The molecule has 0 spiro atoms. The van der Waals surface area contributed by atoms with E-state index in [-0.39, 0.29) is 28.3 Å². The molecule has 0 aliphatic carbocycles. The summed E-state index contributed by atoms with van der Waals surface area (Å²) in [6, 6.07) is 3.57. The van der Waals surface area contributed by atoms with Crippen LogP contribution in [0.5, 0.6) is 11.8 Å². The minimum absolute atomic E-state index is 0.0736. The van der Waals surface area contributed by atoms with Crippen LogP contribution < -0.4 is 19.5 Å². The average Bonchev–Trinajstić information content (AvgIpc) is 2.66. The number of hydrogen-bond donors (Lipinski definition) is 2. The molecule has 0 bridgehead atoms. The molecule has 2 N–H and O–H groups in total. The van der Waals surface area contributed by atoms with Crippen LogP contribution in [0.3, 0.4) is 0 Å². The van der Waals surface area contributed by atoms with Gasteiger partial charge in [-0.25, -0.2) is 9.78 Å². The highest BCUT2D eigenvalue weighted by Crippen LogP contribution is 2.18. The van der Waals surface area contributed by atoms with Gasteiger partial charge < -0.3 is 18.9 Å². The third-order valence-corrected chi connectivity index (χ3v) is 4.14. The van der Waals surface area contributed by atoms with E-state index in [2.05, 4.69) is 25.0 Å². The Balaban J connectivity index is 2.14. The summed E-state index contributed by atoms with van der Waals surface area (Å²) < 4.78 is 24.6. The van der Waals surface area contributed by atoms with Gasteiger partial charge in [0.05, 0.1) is 20.3 Å². The topological polar surface area (TPSA) is 142 Å². The van der Waals surface area contributed by atoms with Crippen LogP contribution in [-0.4, -0.2) is 64.7 Å². The van der Waals surface area contributed by atoms with Crippen molar-refractivity contribution in [1.82, 2.24) is 24.6 Å². The number of rotatable bonds is 6. The molecule has 0 saturated carbocycles. The Morgan fingerprint density at radius 1 is 1.19 bits per heavy atom. The number of aromatic nitrogens is 3. The lowest BCUT2D eigenvalue weighted by atomic mass is 10.2. The molecular formula is C15H18N6O5S. The van der Waals surface area contributed by atoms with E-state index < -0.39 is 23.3 Å². The molecule has 0 aliphatic heterocycles. The molecule has 27 heavy (non-hydrogen) atoms. The molecule has 0 radical (unpaired) electrons. The van der Waals surface area contributed by atoms with Gasteiger partial charge in [-0.05, 0) is 12.1 Å². The molecule has 12 heteroatoms. The first-order valence-corrected chi connectivity index (χ1v) is 8.63. The number of carbonyl (C=O) groups excluding carboxylic acids is 2. The van der Waals surface area contributed by atoms with Crippen LogP contribution in [0.15, 0.2) is 29.4 Å². The van der Waals surface area contributed by atoms with E-state index in [0.29, 0.717) is 0 Å². The first-order valence-electron chi connectivity index (χ1n) is 7.48. The molecule has 2 aromatic heterocycles. The Kier molecular flexibility index (Phi) is 6.73. The molecule has 0 saturated heterocycles. The molecule has 0 fully saturated rings. The van der Waals surface area contributed by atoms with Crippen molar-refractivity contribution < 1.29 is 23.6 Å². The first kappa shape index (κ1) is 20.2. The molecule has 2 heterocycles. The zero-order valence-electron chi connectivity index (χ0n) is 15.0. The van der Waals surface area contributed by atoms with Crippen LogP contribution >= 0.6 is 0 Å². The van der Waals surface area contributed by atoms with Gasteiger partial charge in [-0.1, -0.05) is 0 Å². The second kappa shape index (κ2) is 9.00. The van der Waals surface area contributed by atoms with Gasteiger partial charge in [0, 0.05) is 20.3 Å². The van der Waals surface area contributed by atoms with Gasteiger partial charge in [0.25, 0.3) is 10.9 Å².